The SMILES string of the molecule is CC1(C)C2(CCC2)[C@@]12C[C@H](C(=O)O)C(C(=O)O)([N+](=O)[O-])C2. The summed E-state index contributed by atoms with van der Waals surface area (Å²) in [5.41, 5.74) is -3.23. The number of aliphatic carboxylic acids is 2. The van der Waals surface area contributed by atoms with Gasteiger partial charge in [0.15, 0.2) is 0 Å². The molecule has 0 aromatic carbocycles. The van der Waals surface area contributed by atoms with Crippen LogP contribution in [0.15, 0.2) is 0 Å². The van der Waals surface area contributed by atoms with Crippen LogP contribution in [0.4, 0.5) is 0 Å². The minimum Gasteiger partial charge on any atom is -0.481 e. The number of rotatable bonds is 3. The molecule has 0 bridgehead atoms. The summed E-state index contributed by atoms with van der Waals surface area (Å²) >= 11 is 0. The van der Waals surface area contributed by atoms with Gasteiger partial charge in [0.05, 0.1) is 0 Å². The highest BCUT2D eigenvalue weighted by Crippen LogP contribution is 2.91. The maximum atomic E-state index is 11.6. The highest BCUT2D eigenvalue weighted by atomic mass is 16.6. The van der Waals surface area contributed by atoms with E-state index in [1.54, 1.807) is 0 Å². The van der Waals surface area contributed by atoms with E-state index in [0.29, 0.717) is 0 Å². The molecular formula is C14H19NO6. The van der Waals surface area contributed by atoms with Gasteiger partial charge in [0.2, 0.25) is 0 Å². The van der Waals surface area contributed by atoms with Crippen LogP contribution in [0.5, 0.6) is 0 Å². The van der Waals surface area contributed by atoms with Crippen LogP contribution in [-0.2, 0) is 9.59 Å². The highest BCUT2D eigenvalue weighted by Gasteiger charge is 2.90. The molecule has 3 saturated carbocycles. The van der Waals surface area contributed by atoms with Gasteiger partial charge in [-0.15, -0.1) is 0 Å². The first kappa shape index (κ1) is 14.3. The molecule has 0 saturated heterocycles. The van der Waals surface area contributed by atoms with E-state index in [1.807, 2.05) is 13.8 Å². The molecule has 21 heavy (non-hydrogen) atoms. The van der Waals surface area contributed by atoms with Crippen molar-refractivity contribution in [1.82, 2.24) is 0 Å². The monoisotopic (exact) mass is 297 g/mol. The summed E-state index contributed by atoms with van der Waals surface area (Å²) in [5, 5.41) is 30.3. The lowest BCUT2D eigenvalue weighted by molar-refractivity contribution is -0.560. The molecule has 3 rings (SSSR count). The standard InChI is InChI=1S/C14H19NO6/c1-11(2)12(4-3-5-12)13(11)6-8(9(16)17)14(7-13,10(18)19)15(20)21/h8H,3-7H2,1-2H3,(H,16,17)(H,18,19)/t8-,13-,14?/m1/s1. The number of hydrogen-bond donors (Lipinski definition) is 2. The van der Waals surface area contributed by atoms with Crippen LogP contribution in [0.25, 0.3) is 0 Å². The molecule has 7 heteroatoms. The van der Waals surface area contributed by atoms with E-state index in [9.17, 15) is 29.9 Å². The van der Waals surface area contributed by atoms with Gasteiger partial charge >= 0.3 is 17.5 Å². The van der Waals surface area contributed by atoms with Crippen LogP contribution in [0.2, 0.25) is 0 Å². The van der Waals surface area contributed by atoms with E-state index in [0.717, 1.165) is 19.3 Å². The molecule has 1 unspecified atom stereocenters. The first-order chi connectivity index (χ1) is 9.59. The number of nitrogens with zero attached hydrogens (tertiary/aromatic N) is 1. The summed E-state index contributed by atoms with van der Waals surface area (Å²) in [5.74, 6) is -4.44. The van der Waals surface area contributed by atoms with Crippen LogP contribution < -0.4 is 0 Å². The fourth-order valence-electron chi connectivity index (χ4n) is 5.69. The van der Waals surface area contributed by atoms with Gasteiger partial charge in [0, 0.05) is 11.3 Å². The van der Waals surface area contributed by atoms with E-state index >= 15 is 0 Å². The molecule has 0 aliphatic heterocycles. The van der Waals surface area contributed by atoms with Gasteiger partial charge in [0.25, 0.3) is 0 Å². The second-order valence-electron chi connectivity index (χ2n) is 7.40. The van der Waals surface area contributed by atoms with Gasteiger partial charge in [-0.05, 0) is 35.5 Å². The predicted molar refractivity (Wildman–Crippen MR) is 70.2 cm³/mol. The van der Waals surface area contributed by atoms with Crippen molar-refractivity contribution in [2.75, 3.05) is 0 Å². The lowest BCUT2D eigenvalue weighted by Gasteiger charge is -2.32. The lowest BCUT2D eigenvalue weighted by Crippen LogP contribution is -2.52. The van der Waals surface area contributed by atoms with Gasteiger partial charge in [-0.1, -0.05) is 20.3 Å². The Morgan fingerprint density at radius 1 is 1.19 bits per heavy atom. The average molecular weight is 297 g/mol. The second kappa shape index (κ2) is 3.56. The summed E-state index contributed by atoms with van der Waals surface area (Å²) in [6, 6.07) is 0. The average Bonchev–Trinajstić information content (AvgIpc) is 2.61. The molecule has 0 aromatic heterocycles. The molecule has 2 N–H and O–H groups in total. The molecule has 0 amide bonds. The maximum absolute atomic E-state index is 11.6. The lowest BCUT2D eigenvalue weighted by atomic mass is 9.73. The van der Waals surface area contributed by atoms with Crippen LogP contribution in [0, 0.1) is 32.3 Å². The van der Waals surface area contributed by atoms with Crippen molar-refractivity contribution in [2.24, 2.45) is 22.2 Å². The van der Waals surface area contributed by atoms with Gasteiger partial charge in [0.1, 0.15) is 5.92 Å². The van der Waals surface area contributed by atoms with Crippen molar-refractivity contribution in [3.05, 3.63) is 10.1 Å². The predicted octanol–water partition coefficient (Wildman–Crippen LogP) is 1.78. The molecular weight excluding hydrogens is 278 g/mol. The fourth-order valence-corrected chi connectivity index (χ4v) is 5.69. The smallest absolute Gasteiger partial charge is 0.383 e. The van der Waals surface area contributed by atoms with Crippen molar-refractivity contribution in [2.45, 2.75) is 51.5 Å². The number of fused-ring (bicyclic) bond motifs is 1. The Bertz CT molecular complexity index is 550. The topological polar surface area (TPSA) is 118 Å². The Balaban J connectivity index is 2.10. The zero-order valence-electron chi connectivity index (χ0n) is 12.1. The molecule has 3 fully saturated rings. The van der Waals surface area contributed by atoms with Crippen molar-refractivity contribution >= 4 is 11.9 Å². The van der Waals surface area contributed by atoms with E-state index in [-0.39, 0.29) is 23.7 Å². The zero-order valence-corrected chi connectivity index (χ0v) is 12.1. The maximum Gasteiger partial charge on any atom is 0.383 e. The van der Waals surface area contributed by atoms with E-state index < -0.39 is 33.7 Å². The van der Waals surface area contributed by atoms with Crippen LogP contribution >= 0.6 is 0 Å². The number of nitro groups is 1. The molecule has 0 heterocycles. The van der Waals surface area contributed by atoms with Crippen molar-refractivity contribution in [3.63, 3.8) is 0 Å². The summed E-state index contributed by atoms with van der Waals surface area (Å²) in [4.78, 5) is 33.7. The van der Waals surface area contributed by atoms with Crippen molar-refractivity contribution < 1.29 is 24.7 Å². The Kier molecular flexibility index (Phi) is 2.42. The summed E-state index contributed by atoms with van der Waals surface area (Å²) < 4.78 is 0. The molecule has 2 spiro atoms. The number of carboxylic acids is 2. The van der Waals surface area contributed by atoms with E-state index in [2.05, 4.69) is 0 Å². The Hall–Kier alpha value is -1.66. The van der Waals surface area contributed by atoms with Crippen LogP contribution in [-0.4, -0.2) is 32.6 Å². The number of carboxylic acid groups (broad SMARTS) is 2. The van der Waals surface area contributed by atoms with Crippen LogP contribution in [0.3, 0.4) is 0 Å². The molecule has 3 atom stereocenters. The largest absolute Gasteiger partial charge is 0.481 e. The van der Waals surface area contributed by atoms with E-state index in [1.165, 1.54) is 0 Å². The summed E-state index contributed by atoms with van der Waals surface area (Å²) in [6.07, 6.45) is 2.80. The third-order valence-electron chi connectivity index (χ3n) is 7.15. The van der Waals surface area contributed by atoms with Gasteiger partial charge in [-0.2, -0.15) is 0 Å². The quantitative estimate of drug-likeness (QED) is 0.605. The Morgan fingerprint density at radius 3 is 2.00 bits per heavy atom. The van der Waals surface area contributed by atoms with Gasteiger partial charge < -0.3 is 10.2 Å². The summed E-state index contributed by atoms with van der Waals surface area (Å²) in [6.45, 7) is 4.01. The molecule has 7 nitrogen and oxygen atoms in total. The van der Waals surface area contributed by atoms with Crippen molar-refractivity contribution in [3.8, 4) is 0 Å². The molecule has 0 radical (unpaired) electrons. The second-order valence-corrected chi connectivity index (χ2v) is 7.40. The molecule has 116 valence electrons. The number of carbonyl (C=O) groups is 2. The highest BCUT2D eigenvalue weighted by molar-refractivity contribution is 5.87. The first-order valence-electron chi connectivity index (χ1n) is 7.20. The van der Waals surface area contributed by atoms with Gasteiger partial charge in [-0.3, -0.25) is 14.9 Å². The first-order valence-corrected chi connectivity index (χ1v) is 7.20. The normalized spacial score (nSPS) is 41.7. The Morgan fingerprint density at radius 2 is 1.76 bits per heavy atom. The third kappa shape index (κ3) is 1.18. The minimum absolute atomic E-state index is 0.0963. The molecule has 0 aromatic rings. The van der Waals surface area contributed by atoms with Crippen molar-refractivity contribution in [1.29, 1.82) is 0 Å². The zero-order chi connectivity index (χ0) is 15.8. The fraction of sp³-hybridized carbons (Fsp3) is 0.857. The Labute approximate surface area is 121 Å². The molecule has 3 aliphatic carbocycles. The third-order valence-corrected chi connectivity index (χ3v) is 7.15. The number of hydrogen-bond acceptors (Lipinski definition) is 4. The summed E-state index contributed by atoms with van der Waals surface area (Å²) in [7, 11) is 0. The minimum atomic E-state index is -2.39. The molecule has 3 aliphatic rings. The van der Waals surface area contributed by atoms with Crippen LogP contribution in [0.1, 0.15) is 46.0 Å². The van der Waals surface area contributed by atoms with Gasteiger partial charge in [-0.25, -0.2) is 4.79 Å². The van der Waals surface area contributed by atoms with E-state index in [4.69, 9.17) is 0 Å².